The molecule has 3 rings (SSSR count). The SMILES string of the molecule is CC(=O)N1CCc2ccccc2C1CC(=O)NCC(Cc1ccccc1)C(=O)O. The molecular formula is C23H26N2O4. The molecule has 0 spiro atoms. The lowest BCUT2D eigenvalue weighted by Crippen LogP contribution is -2.42. The van der Waals surface area contributed by atoms with Crippen LogP contribution in [0.3, 0.4) is 0 Å². The first-order valence-electron chi connectivity index (χ1n) is 9.84. The zero-order valence-corrected chi connectivity index (χ0v) is 16.5. The van der Waals surface area contributed by atoms with Crippen LogP contribution < -0.4 is 5.32 Å². The highest BCUT2D eigenvalue weighted by Gasteiger charge is 2.31. The molecule has 2 amide bonds. The van der Waals surface area contributed by atoms with Crippen molar-refractivity contribution in [1.29, 1.82) is 0 Å². The average Bonchev–Trinajstić information content (AvgIpc) is 2.71. The van der Waals surface area contributed by atoms with Crippen LogP contribution in [0.5, 0.6) is 0 Å². The predicted octanol–water partition coefficient (Wildman–Crippen LogP) is 2.58. The molecule has 152 valence electrons. The number of nitrogens with one attached hydrogen (secondary N) is 1. The monoisotopic (exact) mass is 394 g/mol. The number of rotatable bonds is 7. The van der Waals surface area contributed by atoms with Crippen molar-refractivity contribution in [1.82, 2.24) is 10.2 Å². The number of carboxylic acid groups (broad SMARTS) is 1. The Kier molecular flexibility index (Phi) is 6.65. The summed E-state index contributed by atoms with van der Waals surface area (Å²) in [7, 11) is 0. The Morgan fingerprint density at radius 1 is 1.10 bits per heavy atom. The van der Waals surface area contributed by atoms with Crippen molar-refractivity contribution < 1.29 is 19.5 Å². The van der Waals surface area contributed by atoms with Gasteiger partial charge in [-0.25, -0.2) is 0 Å². The molecule has 2 unspecified atom stereocenters. The van der Waals surface area contributed by atoms with Gasteiger partial charge >= 0.3 is 5.97 Å². The number of amides is 2. The van der Waals surface area contributed by atoms with Gasteiger partial charge in [-0.2, -0.15) is 0 Å². The second-order valence-electron chi connectivity index (χ2n) is 7.41. The molecule has 2 atom stereocenters. The van der Waals surface area contributed by atoms with E-state index < -0.39 is 11.9 Å². The lowest BCUT2D eigenvalue weighted by molar-refractivity contribution is -0.141. The van der Waals surface area contributed by atoms with Gasteiger partial charge in [0.2, 0.25) is 11.8 Å². The molecule has 0 saturated heterocycles. The second kappa shape index (κ2) is 9.37. The summed E-state index contributed by atoms with van der Waals surface area (Å²) in [5.41, 5.74) is 3.05. The fourth-order valence-corrected chi connectivity index (χ4v) is 3.88. The van der Waals surface area contributed by atoms with E-state index in [1.54, 1.807) is 4.90 Å². The van der Waals surface area contributed by atoms with Gasteiger partial charge in [-0.05, 0) is 29.5 Å². The number of aliphatic carboxylic acids is 1. The van der Waals surface area contributed by atoms with Crippen molar-refractivity contribution in [3.8, 4) is 0 Å². The maximum absolute atomic E-state index is 12.6. The molecule has 2 N–H and O–H groups in total. The first-order chi connectivity index (χ1) is 14.0. The number of benzene rings is 2. The van der Waals surface area contributed by atoms with E-state index in [9.17, 15) is 19.5 Å². The molecule has 0 aromatic heterocycles. The molecule has 0 aliphatic carbocycles. The maximum atomic E-state index is 12.6. The van der Waals surface area contributed by atoms with E-state index in [0.717, 1.165) is 23.1 Å². The van der Waals surface area contributed by atoms with E-state index in [1.807, 2.05) is 54.6 Å². The van der Waals surface area contributed by atoms with Crippen molar-refractivity contribution in [2.75, 3.05) is 13.1 Å². The van der Waals surface area contributed by atoms with Gasteiger partial charge < -0.3 is 15.3 Å². The van der Waals surface area contributed by atoms with Crippen molar-refractivity contribution in [3.05, 3.63) is 71.3 Å². The standard InChI is InChI=1S/C23H26N2O4/c1-16(26)25-12-11-18-9-5-6-10-20(18)21(25)14-22(27)24-15-19(23(28)29)13-17-7-3-2-4-8-17/h2-10,19,21H,11-15H2,1H3,(H,24,27)(H,28,29). The minimum atomic E-state index is -0.942. The third-order valence-corrected chi connectivity index (χ3v) is 5.42. The van der Waals surface area contributed by atoms with Crippen LogP contribution in [-0.4, -0.2) is 40.9 Å². The van der Waals surface area contributed by atoms with Crippen molar-refractivity contribution in [2.45, 2.75) is 32.2 Å². The minimum absolute atomic E-state index is 0.0531. The first kappa shape index (κ1) is 20.6. The molecule has 29 heavy (non-hydrogen) atoms. The summed E-state index contributed by atoms with van der Waals surface area (Å²) >= 11 is 0. The van der Waals surface area contributed by atoms with Gasteiger partial charge in [0.25, 0.3) is 0 Å². The quantitative estimate of drug-likeness (QED) is 0.756. The molecule has 2 aromatic carbocycles. The highest BCUT2D eigenvalue weighted by atomic mass is 16.4. The first-order valence-corrected chi connectivity index (χ1v) is 9.84. The fraction of sp³-hybridized carbons (Fsp3) is 0.348. The van der Waals surface area contributed by atoms with Gasteiger partial charge in [0.05, 0.1) is 18.4 Å². The Balaban J connectivity index is 1.65. The number of carbonyl (C=O) groups excluding carboxylic acids is 2. The van der Waals surface area contributed by atoms with Gasteiger partial charge in [-0.1, -0.05) is 54.6 Å². The van der Waals surface area contributed by atoms with Gasteiger partial charge in [-0.15, -0.1) is 0 Å². The lowest BCUT2D eigenvalue weighted by atomic mass is 9.90. The molecule has 1 heterocycles. The number of hydrogen-bond donors (Lipinski definition) is 2. The van der Waals surface area contributed by atoms with Crippen LogP contribution in [0.4, 0.5) is 0 Å². The lowest BCUT2D eigenvalue weighted by Gasteiger charge is -2.36. The largest absolute Gasteiger partial charge is 0.481 e. The van der Waals surface area contributed by atoms with E-state index in [0.29, 0.717) is 13.0 Å². The second-order valence-corrected chi connectivity index (χ2v) is 7.41. The highest BCUT2D eigenvalue weighted by molar-refractivity contribution is 5.80. The highest BCUT2D eigenvalue weighted by Crippen LogP contribution is 2.32. The summed E-state index contributed by atoms with van der Waals surface area (Å²) in [6.07, 6.45) is 1.24. The number of nitrogens with zero attached hydrogens (tertiary/aromatic N) is 1. The molecule has 0 fully saturated rings. The van der Waals surface area contributed by atoms with Crippen LogP contribution in [0.2, 0.25) is 0 Å². The third-order valence-electron chi connectivity index (χ3n) is 5.42. The summed E-state index contributed by atoms with van der Waals surface area (Å²) in [4.78, 5) is 38.0. The number of carbonyl (C=O) groups is 3. The minimum Gasteiger partial charge on any atom is -0.481 e. The van der Waals surface area contributed by atoms with E-state index >= 15 is 0 Å². The predicted molar refractivity (Wildman–Crippen MR) is 109 cm³/mol. The third kappa shape index (κ3) is 5.22. The summed E-state index contributed by atoms with van der Waals surface area (Å²) in [5, 5.41) is 12.3. The molecule has 1 aliphatic rings. The maximum Gasteiger partial charge on any atom is 0.308 e. The number of fused-ring (bicyclic) bond motifs is 1. The molecule has 0 radical (unpaired) electrons. The van der Waals surface area contributed by atoms with Crippen LogP contribution >= 0.6 is 0 Å². The van der Waals surface area contributed by atoms with Crippen LogP contribution in [-0.2, 0) is 27.2 Å². The molecule has 6 nitrogen and oxygen atoms in total. The zero-order valence-electron chi connectivity index (χ0n) is 16.5. The number of carboxylic acids is 1. The summed E-state index contributed by atoms with van der Waals surface area (Å²) in [6.45, 7) is 2.15. The molecule has 0 saturated carbocycles. The Hall–Kier alpha value is -3.15. The smallest absolute Gasteiger partial charge is 0.308 e. The summed E-state index contributed by atoms with van der Waals surface area (Å²) < 4.78 is 0. The van der Waals surface area contributed by atoms with Crippen molar-refractivity contribution in [3.63, 3.8) is 0 Å². The summed E-state index contributed by atoms with van der Waals surface area (Å²) in [6, 6.07) is 16.9. The number of hydrogen-bond acceptors (Lipinski definition) is 3. The summed E-state index contributed by atoms with van der Waals surface area (Å²) in [5.74, 6) is -1.96. The topological polar surface area (TPSA) is 86.7 Å². The van der Waals surface area contributed by atoms with Crippen LogP contribution in [0.25, 0.3) is 0 Å². The van der Waals surface area contributed by atoms with Crippen molar-refractivity contribution >= 4 is 17.8 Å². The van der Waals surface area contributed by atoms with E-state index in [4.69, 9.17) is 0 Å². The van der Waals surface area contributed by atoms with E-state index in [2.05, 4.69) is 5.32 Å². The average molecular weight is 394 g/mol. The van der Waals surface area contributed by atoms with E-state index in [-0.39, 0.29) is 30.8 Å². The van der Waals surface area contributed by atoms with Crippen LogP contribution in [0.1, 0.15) is 36.1 Å². The molecule has 0 bridgehead atoms. The van der Waals surface area contributed by atoms with Gasteiger partial charge in [0.15, 0.2) is 0 Å². The van der Waals surface area contributed by atoms with Crippen molar-refractivity contribution in [2.24, 2.45) is 5.92 Å². The normalized spacial score (nSPS) is 16.6. The zero-order chi connectivity index (χ0) is 20.8. The Bertz CT molecular complexity index is 881. The molecular weight excluding hydrogens is 368 g/mol. The van der Waals surface area contributed by atoms with Crippen LogP contribution in [0, 0.1) is 5.92 Å². The van der Waals surface area contributed by atoms with Gasteiger partial charge in [-0.3, -0.25) is 14.4 Å². The Morgan fingerprint density at radius 2 is 1.79 bits per heavy atom. The molecule has 6 heteroatoms. The Morgan fingerprint density at radius 3 is 2.48 bits per heavy atom. The molecule has 2 aromatic rings. The Labute approximate surface area is 170 Å². The fourth-order valence-electron chi connectivity index (χ4n) is 3.88. The van der Waals surface area contributed by atoms with Gasteiger partial charge in [0.1, 0.15) is 0 Å². The van der Waals surface area contributed by atoms with Crippen LogP contribution in [0.15, 0.2) is 54.6 Å². The van der Waals surface area contributed by atoms with E-state index in [1.165, 1.54) is 6.92 Å². The van der Waals surface area contributed by atoms with Gasteiger partial charge in [0, 0.05) is 20.0 Å². The molecule has 1 aliphatic heterocycles.